The number of carbonyl (C=O) groups is 1. The lowest BCUT2D eigenvalue weighted by atomic mass is 10.00. The normalized spacial score (nSPS) is 13.5. The van der Waals surface area contributed by atoms with Gasteiger partial charge in [0.15, 0.2) is 0 Å². The third kappa shape index (κ3) is 7.38. The predicted octanol–water partition coefficient (Wildman–Crippen LogP) is 7.97. The number of ether oxygens (including phenoxy) is 3. The van der Waals surface area contributed by atoms with Crippen molar-refractivity contribution in [3.8, 4) is 22.6 Å². The molecule has 0 aromatic heterocycles. The highest BCUT2D eigenvalue weighted by Crippen LogP contribution is 2.31. The Morgan fingerprint density at radius 2 is 1.38 bits per heavy atom. The van der Waals surface area contributed by atoms with Crippen LogP contribution in [-0.2, 0) is 15.7 Å². The predicted molar refractivity (Wildman–Crippen MR) is 138 cm³/mol. The van der Waals surface area contributed by atoms with Crippen LogP contribution in [0.5, 0.6) is 11.5 Å². The van der Waals surface area contributed by atoms with Crippen molar-refractivity contribution in [2.45, 2.75) is 45.9 Å². The minimum absolute atomic E-state index is 0.292. The van der Waals surface area contributed by atoms with E-state index in [2.05, 4.69) is 0 Å². The summed E-state index contributed by atoms with van der Waals surface area (Å²) in [5, 5.41) is 0. The second-order valence-electron chi connectivity index (χ2n) is 8.73. The van der Waals surface area contributed by atoms with Crippen LogP contribution in [0.4, 0.5) is 13.2 Å². The molecule has 4 nitrogen and oxygen atoms in total. The molecule has 0 saturated carbocycles. The van der Waals surface area contributed by atoms with E-state index in [0.717, 1.165) is 34.4 Å². The highest BCUT2D eigenvalue weighted by molar-refractivity contribution is 5.79. The van der Waals surface area contributed by atoms with Crippen molar-refractivity contribution in [2.24, 2.45) is 0 Å². The SMILES string of the molecule is CCOC(=O)[C@](C)(CC)Oc1ccc(OC/C=C(\C)c2ccc(-c3ccc(C(F)(F)F)cc3)cc2)cc1. The number of hydrogen-bond acceptors (Lipinski definition) is 4. The summed E-state index contributed by atoms with van der Waals surface area (Å²) in [5.41, 5.74) is 1.84. The van der Waals surface area contributed by atoms with Gasteiger partial charge in [-0.1, -0.05) is 43.3 Å². The molecule has 3 aromatic rings. The second-order valence-corrected chi connectivity index (χ2v) is 8.73. The van der Waals surface area contributed by atoms with E-state index in [9.17, 15) is 18.0 Å². The molecule has 1 atom stereocenters. The summed E-state index contributed by atoms with van der Waals surface area (Å²) in [6.45, 7) is 7.94. The average molecular weight is 513 g/mol. The van der Waals surface area contributed by atoms with Crippen LogP contribution in [0.3, 0.4) is 0 Å². The van der Waals surface area contributed by atoms with Crippen molar-refractivity contribution in [2.75, 3.05) is 13.2 Å². The van der Waals surface area contributed by atoms with E-state index >= 15 is 0 Å². The monoisotopic (exact) mass is 512 g/mol. The van der Waals surface area contributed by atoms with Crippen LogP contribution in [-0.4, -0.2) is 24.8 Å². The lowest BCUT2D eigenvalue weighted by Gasteiger charge is -2.27. The number of hydrogen-bond donors (Lipinski definition) is 0. The number of allylic oxidation sites excluding steroid dienone is 1. The van der Waals surface area contributed by atoms with Crippen LogP contribution in [0.15, 0.2) is 78.9 Å². The van der Waals surface area contributed by atoms with Gasteiger partial charge in [0.25, 0.3) is 0 Å². The Kier molecular flexibility index (Phi) is 9.03. The molecule has 0 fully saturated rings. The summed E-state index contributed by atoms with van der Waals surface area (Å²) in [4.78, 5) is 12.2. The summed E-state index contributed by atoms with van der Waals surface area (Å²) in [6, 6.07) is 19.8. The topological polar surface area (TPSA) is 44.8 Å². The van der Waals surface area contributed by atoms with Gasteiger partial charge in [0.05, 0.1) is 12.2 Å². The Morgan fingerprint density at radius 3 is 1.89 bits per heavy atom. The molecule has 0 saturated heterocycles. The van der Waals surface area contributed by atoms with Gasteiger partial charge in [-0.05, 0) is 91.9 Å². The van der Waals surface area contributed by atoms with E-state index in [4.69, 9.17) is 14.2 Å². The Morgan fingerprint density at radius 1 is 0.838 bits per heavy atom. The van der Waals surface area contributed by atoms with Gasteiger partial charge in [-0.2, -0.15) is 13.2 Å². The van der Waals surface area contributed by atoms with Crippen molar-refractivity contribution in [1.82, 2.24) is 0 Å². The highest BCUT2D eigenvalue weighted by atomic mass is 19.4. The fraction of sp³-hybridized carbons (Fsp3) is 0.300. The summed E-state index contributed by atoms with van der Waals surface area (Å²) < 4.78 is 55.2. The Bertz CT molecular complexity index is 1200. The van der Waals surface area contributed by atoms with E-state index in [-0.39, 0.29) is 0 Å². The molecular weight excluding hydrogens is 481 g/mol. The van der Waals surface area contributed by atoms with Crippen molar-refractivity contribution in [3.05, 3.63) is 90.0 Å². The van der Waals surface area contributed by atoms with Gasteiger partial charge < -0.3 is 14.2 Å². The Labute approximate surface area is 215 Å². The van der Waals surface area contributed by atoms with Gasteiger partial charge in [0.1, 0.15) is 18.1 Å². The summed E-state index contributed by atoms with van der Waals surface area (Å²) in [7, 11) is 0. The van der Waals surface area contributed by atoms with E-state index in [1.165, 1.54) is 12.1 Å². The first-order valence-electron chi connectivity index (χ1n) is 12.1. The van der Waals surface area contributed by atoms with Crippen LogP contribution in [0.2, 0.25) is 0 Å². The maximum Gasteiger partial charge on any atom is 0.416 e. The lowest BCUT2D eigenvalue weighted by Crippen LogP contribution is -2.42. The number of alkyl halides is 3. The van der Waals surface area contributed by atoms with Crippen molar-refractivity contribution < 1.29 is 32.2 Å². The van der Waals surface area contributed by atoms with Crippen LogP contribution >= 0.6 is 0 Å². The second kappa shape index (κ2) is 12.0. The molecule has 0 amide bonds. The molecule has 0 N–H and O–H groups in total. The molecule has 37 heavy (non-hydrogen) atoms. The maximum absolute atomic E-state index is 12.8. The number of rotatable bonds is 10. The van der Waals surface area contributed by atoms with Gasteiger partial charge in [0, 0.05) is 0 Å². The zero-order valence-corrected chi connectivity index (χ0v) is 21.4. The first-order chi connectivity index (χ1) is 17.6. The number of esters is 1. The van der Waals surface area contributed by atoms with Gasteiger partial charge in [-0.25, -0.2) is 4.79 Å². The molecule has 0 aliphatic carbocycles. The van der Waals surface area contributed by atoms with Crippen LogP contribution in [0, 0.1) is 0 Å². The van der Waals surface area contributed by atoms with Gasteiger partial charge in [0.2, 0.25) is 5.60 Å². The van der Waals surface area contributed by atoms with Gasteiger partial charge in [-0.15, -0.1) is 0 Å². The number of halogens is 3. The van der Waals surface area contributed by atoms with E-state index in [1.807, 2.05) is 44.2 Å². The molecule has 196 valence electrons. The van der Waals surface area contributed by atoms with Crippen molar-refractivity contribution in [3.63, 3.8) is 0 Å². The smallest absolute Gasteiger partial charge is 0.416 e. The standard InChI is InChI=1S/C30H31F3O4/c1-5-29(4,28(34)35-6-2)37-27-17-15-26(16-18-27)36-20-19-21(3)22-7-9-23(10-8-22)24-11-13-25(14-12-24)30(31,32)33/h7-19H,5-6,20H2,1-4H3/b21-19+/t29-/m0/s1. The van der Waals surface area contributed by atoms with Crippen LogP contribution in [0.1, 0.15) is 45.2 Å². The van der Waals surface area contributed by atoms with Crippen molar-refractivity contribution in [1.29, 1.82) is 0 Å². The summed E-state index contributed by atoms with van der Waals surface area (Å²) in [6.07, 6.45) is -1.92. The van der Waals surface area contributed by atoms with E-state index in [1.54, 1.807) is 38.1 Å². The van der Waals surface area contributed by atoms with Gasteiger partial charge in [-0.3, -0.25) is 0 Å². The summed E-state index contributed by atoms with van der Waals surface area (Å²) >= 11 is 0. The first-order valence-corrected chi connectivity index (χ1v) is 12.1. The highest BCUT2D eigenvalue weighted by Gasteiger charge is 2.35. The minimum Gasteiger partial charge on any atom is -0.490 e. The Balaban J connectivity index is 1.57. The molecule has 0 unspecified atom stereocenters. The molecule has 0 heterocycles. The number of benzene rings is 3. The van der Waals surface area contributed by atoms with Crippen LogP contribution < -0.4 is 9.47 Å². The maximum atomic E-state index is 12.8. The lowest BCUT2D eigenvalue weighted by molar-refractivity contribution is -0.160. The van der Waals surface area contributed by atoms with Gasteiger partial charge >= 0.3 is 12.1 Å². The molecule has 0 radical (unpaired) electrons. The molecule has 0 bridgehead atoms. The zero-order chi connectivity index (χ0) is 27.1. The largest absolute Gasteiger partial charge is 0.490 e. The molecule has 3 rings (SSSR count). The van der Waals surface area contributed by atoms with Crippen LogP contribution in [0.25, 0.3) is 16.7 Å². The van der Waals surface area contributed by atoms with E-state index < -0.39 is 23.3 Å². The Hall–Kier alpha value is -3.74. The summed E-state index contributed by atoms with van der Waals surface area (Å²) in [5.74, 6) is 0.804. The molecular formula is C30H31F3O4. The fourth-order valence-corrected chi connectivity index (χ4v) is 3.56. The molecule has 3 aromatic carbocycles. The third-order valence-electron chi connectivity index (χ3n) is 6.07. The first kappa shape index (κ1) is 27.8. The molecule has 0 spiro atoms. The third-order valence-corrected chi connectivity index (χ3v) is 6.07. The molecule has 0 aliphatic heterocycles. The number of carbonyl (C=O) groups excluding carboxylic acids is 1. The average Bonchev–Trinajstić information content (AvgIpc) is 2.89. The van der Waals surface area contributed by atoms with E-state index in [0.29, 0.717) is 31.1 Å². The molecule has 7 heteroatoms. The quantitative estimate of drug-likeness (QED) is 0.259. The molecule has 0 aliphatic rings. The zero-order valence-electron chi connectivity index (χ0n) is 21.4. The fourth-order valence-electron chi connectivity index (χ4n) is 3.56. The van der Waals surface area contributed by atoms with Crippen molar-refractivity contribution >= 4 is 11.5 Å². The minimum atomic E-state index is -4.34.